The summed E-state index contributed by atoms with van der Waals surface area (Å²) in [6.07, 6.45) is 0. The fourth-order valence-electron chi connectivity index (χ4n) is 2.84. The van der Waals surface area contributed by atoms with E-state index in [0.717, 1.165) is 16.8 Å². The van der Waals surface area contributed by atoms with Crippen molar-refractivity contribution in [2.24, 2.45) is 0 Å². The molecule has 0 bridgehead atoms. The van der Waals surface area contributed by atoms with Gasteiger partial charge >= 0.3 is 0 Å². The van der Waals surface area contributed by atoms with Gasteiger partial charge < -0.3 is 10.1 Å². The maximum atomic E-state index is 6.40. The van der Waals surface area contributed by atoms with Gasteiger partial charge in [-0.3, -0.25) is 0 Å². The number of hydrogen-bond donors (Lipinski definition) is 1. The van der Waals surface area contributed by atoms with Crippen LogP contribution in [0.4, 0.5) is 5.69 Å². The zero-order chi connectivity index (χ0) is 18.5. The first-order valence-corrected chi connectivity index (χ1v) is 9.24. The van der Waals surface area contributed by atoms with Gasteiger partial charge in [-0.2, -0.15) is 0 Å². The molecule has 3 aromatic rings. The zero-order valence-corrected chi connectivity index (χ0v) is 16.4. The summed E-state index contributed by atoms with van der Waals surface area (Å²) in [7, 11) is 0. The second-order valence-corrected chi connectivity index (χ2v) is 7.17. The molecule has 0 radical (unpaired) electrons. The molecule has 0 aliphatic rings. The van der Waals surface area contributed by atoms with E-state index in [1.165, 1.54) is 11.1 Å². The predicted molar refractivity (Wildman–Crippen MR) is 110 cm³/mol. The van der Waals surface area contributed by atoms with Crippen LogP contribution in [0.2, 0.25) is 10.0 Å². The molecule has 0 saturated heterocycles. The maximum Gasteiger partial charge on any atom is 0.143 e. The van der Waals surface area contributed by atoms with Gasteiger partial charge in [0.05, 0.1) is 5.02 Å². The number of nitrogens with one attached hydrogen (secondary N) is 1. The van der Waals surface area contributed by atoms with E-state index in [1.807, 2.05) is 36.4 Å². The first-order valence-electron chi connectivity index (χ1n) is 8.48. The summed E-state index contributed by atoms with van der Waals surface area (Å²) in [4.78, 5) is 0. The summed E-state index contributed by atoms with van der Waals surface area (Å²) in [5.41, 5.74) is 5.54. The summed E-state index contributed by atoms with van der Waals surface area (Å²) in [5, 5.41) is 4.57. The molecule has 4 heteroatoms. The highest BCUT2D eigenvalue weighted by atomic mass is 35.5. The molecule has 134 valence electrons. The van der Waals surface area contributed by atoms with Crippen molar-refractivity contribution in [2.45, 2.75) is 27.0 Å². The molecule has 3 rings (SSSR count). The van der Waals surface area contributed by atoms with Crippen molar-refractivity contribution in [1.82, 2.24) is 0 Å². The SMILES string of the molecule is Cc1ccc(NCc2cc(Cl)cc(Cl)c2OCc2ccccc2)c(C)c1. The molecule has 2 nitrogen and oxygen atoms in total. The first-order chi connectivity index (χ1) is 12.5. The lowest BCUT2D eigenvalue weighted by atomic mass is 10.1. The Morgan fingerprint density at radius 1 is 0.923 bits per heavy atom. The summed E-state index contributed by atoms with van der Waals surface area (Å²) in [5.74, 6) is 0.664. The van der Waals surface area contributed by atoms with Crippen molar-refractivity contribution in [3.63, 3.8) is 0 Å². The molecule has 3 aromatic carbocycles. The fraction of sp³-hybridized carbons (Fsp3) is 0.182. The number of hydrogen-bond acceptors (Lipinski definition) is 2. The summed E-state index contributed by atoms with van der Waals surface area (Å²) >= 11 is 12.6. The number of rotatable bonds is 6. The quantitative estimate of drug-likeness (QED) is 0.503. The average Bonchev–Trinajstić information content (AvgIpc) is 2.61. The molecular weight excluding hydrogens is 365 g/mol. The van der Waals surface area contributed by atoms with Gasteiger partial charge in [0.25, 0.3) is 0 Å². The third-order valence-corrected chi connectivity index (χ3v) is 4.66. The Morgan fingerprint density at radius 2 is 1.69 bits per heavy atom. The highest BCUT2D eigenvalue weighted by Gasteiger charge is 2.12. The second-order valence-electron chi connectivity index (χ2n) is 6.32. The zero-order valence-electron chi connectivity index (χ0n) is 14.9. The number of ether oxygens (including phenoxy) is 1. The monoisotopic (exact) mass is 385 g/mol. The minimum absolute atomic E-state index is 0.457. The Hall–Kier alpha value is -2.16. The van der Waals surface area contributed by atoms with E-state index in [2.05, 4.69) is 37.4 Å². The van der Waals surface area contributed by atoms with E-state index in [0.29, 0.717) is 28.9 Å². The van der Waals surface area contributed by atoms with Gasteiger partial charge in [0.1, 0.15) is 12.4 Å². The van der Waals surface area contributed by atoms with Gasteiger partial charge in [-0.1, -0.05) is 71.2 Å². The van der Waals surface area contributed by atoms with E-state index in [1.54, 1.807) is 6.07 Å². The number of benzene rings is 3. The molecule has 0 atom stereocenters. The standard InChI is InChI=1S/C22H21Cl2NO/c1-15-8-9-21(16(2)10-15)25-13-18-11-19(23)12-20(24)22(18)26-14-17-6-4-3-5-7-17/h3-12,25H,13-14H2,1-2H3. The molecule has 0 aromatic heterocycles. The van der Waals surface area contributed by atoms with Crippen LogP contribution in [0.15, 0.2) is 60.7 Å². The molecule has 0 fully saturated rings. The summed E-state index contributed by atoms with van der Waals surface area (Å²) in [6, 6.07) is 19.9. The largest absolute Gasteiger partial charge is 0.487 e. The van der Waals surface area contributed by atoms with Crippen molar-refractivity contribution in [3.8, 4) is 5.75 Å². The third-order valence-electron chi connectivity index (χ3n) is 4.16. The molecule has 1 N–H and O–H groups in total. The maximum absolute atomic E-state index is 6.40. The smallest absolute Gasteiger partial charge is 0.143 e. The van der Waals surface area contributed by atoms with E-state index in [9.17, 15) is 0 Å². The lowest BCUT2D eigenvalue weighted by Gasteiger charge is -2.16. The molecule has 0 aliphatic carbocycles. The Kier molecular flexibility index (Phi) is 6.08. The van der Waals surface area contributed by atoms with E-state index in [-0.39, 0.29) is 0 Å². The van der Waals surface area contributed by atoms with Gasteiger partial charge in [0.2, 0.25) is 0 Å². The highest BCUT2D eigenvalue weighted by molar-refractivity contribution is 6.35. The molecule has 0 amide bonds. The Morgan fingerprint density at radius 3 is 2.42 bits per heavy atom. The van der Waals surface area contributed by atoms with Gasteiger partial charge in [-0.15, -0.1) is 0 Å². The Bertz CT molecular complexity index is 894. The van der Waals surface area contributed by atoms with Crippen molar-refractivity contribution in [2.75, 3.05) is 5.32 Å². The minimum atomic E-state index is 0.457. The lowest BCUT2D eigenvalue weighted by Crippen LogP contribution is -2.05. The minimum Gasteiger partial charge on any atom is -0.487 e. The predicted octanol–water partition coefficient (Wildman–Crippen LogP) is 6.80. The number of anilines is 1. The summed E-state index contributed by atoms with van der Waals surface area (Å²) in [6.45, 7) is 5.21. The van der Waals surface area contributed by atoms with Crippen molar-refractivity contribution < 1.29 is 4.74 Å². The topological polar surface area (TPSA) is 21.3 Å². The van der Waals surface area contributed by atoms with Crippen LogP contribution in [0.5, 0.6) is 5.75 Å². The average molecular weight is 386 g/mol. The van der Waals surface area contributed by atoms with Crippen molar-refractivity contribution in [3.05, 3.63) is 93.0 Å². The normalized spacial score (nSPS) is 10.6. The van der Waals surface area contributed by atoms with Crippen LogP contribution in [-0.2, 0) is 13.2 Å². The summed E-state index contributed by atoms with van der Waals surface area (Å²) < 4.78 is 6.02. The van der Waals surface area contributed by atoms with Gasteiger partial charge in [0.15, 0.2) is 0 Å². The third kappa shape index (κ3) is 4.72. The van der Waals surface area contributed by atoms with Crippen LogP contribution in [0.1, 0.15) is 22.3 Å². The van der Waals surface area contributed by atoms with Crippen LogP contribution in [0.3, 0.4) is 0 Å². The fourth-order valence-corrected chi connectivity index (χ4v) is 3.43. The van der Waals surface area contributed by atoms with Crippen LogP contribution in [0, 0.1) is 13.8 Å². The van der Waals surface area contributed by atoms with Gasteiger partial charge in [-0.25, -0.2) is 0 Å². The van der Waals surface area contributed by atoms with Gasteiger partial charge in [-0.05, 0) is 43.2 Å². The number of aryl methyl sites for hydroxylation is 2. The molecular formula is C22H21Cl2NO. The van der Waals surface area contributed by atoms with E-state index >= 15 is 0 Å². The van der Waals surface area contributed by atoms with E-state index in [4.69, 9.17) is 27.9 Å². The molecule has 0 saturated carbocycles. The van der Waals surface area contributed by atoms with Crippen molar-refractivity contribution >= 4 is 28.9 Å². The second kappa shape index (κ2) is 8.48. The van der Waals surface area contributed by atoms with Crippen LogP contribution in [-0.4, -0.2) is 0 Å². The Balaban J connectivity index is 1.79. The number of halogens is 2. The first kappa shape index (κ1) is 18.6. The van der Waals surface area contributed by atoms with Crippen molar-refractivity contribution in [1.29, 1.82) is 0 Å². The van der Waals surface area contributed by atoms with Crippen LogP contribution >= 0.6 is 23.2 Å². The van der Waals surface area contributed by atoms with Crippen LogP contribution < -0.4 is 10.1 Å². The molecule has 0 spiro atoms. The van der Waals surface area contributed by atoms with E-state index < -0.39 is 0 Å². The molecule has 26 heavy (non-hydrogen) atoms. The molecule has 0 heterocycles. The lowest BCUT2D eigenvalue weighted by molar-refractivity contribution is 0.303. The van der Waals surface area contributed by atoms with Gasteiger partial charge in [0, 0.05) is 22.8 Å². The molecule has 0 unspecified atom stereocenters. The van der Waals surface area contributed by atoms with Crippen LogP contribution in [0.25, 0.3) is 0 Å². The molecule has 0 aliphatic heterocycles. The highest BCUT2D eigenvalue weighted by Crippen LogP contribution is 2.34. The Labute approximate surface area is 164 Å².